The summed E-state index contributed by atoms with van der Waals surface area (Å²) >= 11 is 6.20. The lowest BCUT2D eigenvalue weighted by molar-refractivity contribution is -0.116. The molecule has 4 N–H and O–H groups in total. The molecule has 46 heavy (non-hydrogen) atoms. The molecule has 2 atom stereocenters. The molecule has 1 saturated heterocycles. The SMILES string of the molecule is CC1Cc2nc3c(c(-c4cc(C(N)=O)c(O)c(F)c4F)cn3CC(=O)Nc3cc(N4CCN(C)C[C@@H]4C)nc(F)c3Cl)c(=O)n2C1. The van der Waals surface area contributed by atoms with E-state index < -0.39 is 63.4 Å². The lowest BCUT2D eigenvalue weighted by Crippen LogP contribution is -2.50. The van der Waals surface area contributed by atoms with Gasteiger partial charge in [0, 0.05) is 62.0 Å². The molecule has 1 fully saturated rings. The Morgan fingerprint density at radius 1 is 1.11 bits per heavy atom. The van der Waals surface area contributed by atoms with Crippen molar-refractivity contribution in [3.05, 3.63) is 62.7 Å². The number of carbonyl (C=O) groups is 2. The van der Waals surface area contributed by atoms with E-state index in [2.05, 4.69) is 20.2 Å². The maximum absolute atomic E-state index is 15.3. The van der Waals surface area contributed by atoms with Gasteiger partial charge in [-0.25, -0.2) is 14.4 Å². The molecule has 0 aliphatic carbocycles. The average Bonchev–Trinajstić information content (AvgIpc) is 3.54. The highest BCUT2D eigenvalue weighted by Crippen LogP contribution is 2.37. The van der Waals surface area contributed by atoms with Gasteiger partial charge in [0.25, 0.3) is 11.5 Å². The second-order valence-corrected chi connectivity index (χ2v) is 12.3. The van der Waals surface area contributed by atoms with Crippen molar-refractivity contribution in [1.29, 1.82) is 0 Å². The van der Waals surface area contributed by atoms with Crippen LogP contribution in [0.15, 0.2) is 23.1 Å². The number of benzene rings is 1. The molecule has 4 aromatic rings. The summed E-state index contributed by atoms with van der Waals surface area (Å²) < 4.78 is 47.6. The van der Waals surface area contributed by atoms with E-state index >= 15 is 4.39 Å². The van der Waals surface area contributed by atoms with E-state index in [4.69, 9.17) is 17.3 Å². The minimum atomic E-state index is -1.73. The minimum Gasteiger partial charge on any atom is -0.504 e. The highest BCUT2D eigenvalue weighted by atomic mass is 35.5. The quantitative estimate of drug-likeness (QED) is 0.268. The van der Waals surface area contributed by atoms with Crippen LogP contribution in [0, 0.1) is 23.5 Å². The van der Waals surface area contributed by atoms with Gasteiger partial charge >= 0.3 is 0 Å². The molecule has 1 aromatic carbocycles. The van der Waals surface area contributed by atoms with Gasteiger partial charge in [-0.05, 0) is 26.0 Å². The first-order chi connectivity index (χ1) is 21.7. The molecule has 12 nitrogen and oxygen atoms in total. The molecule has 0 spiro atoms. The number of fused-ring (bicyclic) bond motifs is 2. The average molecular weight is 659 g/mol. The Labute approximate surface area is 265 Å². The van der Waals surface area contributed by atoms with Crippen molar-refractivity contribution < 1.29 is 27.9 Å². The zero-order valence-electron chi connectivity index (χ0n) is 25.1. The first kappa shape index (κ1) is 31.4. The molecule has 5 heterocycles. The Morgan fingerprint density at radius 3 is 2.54 bits per heavy atom. The van der Waals surface area contributed by atoms with Gasteiger partial charge in [0.15, 0.2) is 11.6 Å². The lowest BCUT2D eigenvalue weighted by Gasteiger charge is -2.39. The number of nitrogens with one attached hydrogen (secondary N) is 1. The van der Waals surface area contributed by atoms with Crippen LogP contribution in [0.4, 0.5) is 24.7 Å². The summed E-state index contributed by atoms with van der Waals surface area (Å²) in [6, 6.07) is 2.33. The lowest BCUT2D eigenvalue weighted by atomic mass is 10.0. The number of aromatic hydroxyl groups is 1. The number of rotatable bonds is 6. The summed E-state index contributed by atoms with van der Waals surface area (Å²) in [7, 11) is 1.98. The molecule has 242 valence electrons. The van der Waals surface area contributed by atoms with E-state index in [1.165, 1.54) is 21.4 Å². The zero-order chi connectivity index (χ0) is 33.2. The Bertz CT molecular complexity index is 2000. The first-order valence-corrected chi connectivity index (χ1v) is 14.9. The molecule has 1 unspecified atom stereocenters. The van der Waals surface area contributed by atoms with E-state index in [0.29, 0.717) is 31.2 Å². The van der Waals surface area contributed by atoms with Gasteiger partial charge in [-0.2, -0.15) is 8.78 Å². The van der Waals surface area contributed by atoms with E-state index in [1.807, 2.05) is 25.8 Å². The van der Waals surface area contributed by atoms with Crippen LogP contribution in [0.3, 0.4) is 0 Å². The summed E-state index contributed by atoms with van der Waals surface area (Å²) in [4.78, 5) is 51.7. The highest BCUT2D eigenvalue weighted by molar-refractivity contribution is 6.33. The fourth-order valence-corrected chi connectivity index (χ4v) is 6.36. The third kappa shape index (κ3) is 5.32. The Kier molecular flexibility index (Phi) is 7.92. The molecule has 2 amide bonds. The van der Waals surface area contributed by atoms with Gasteiger partial charge in [0.05, 0.1) is 16.6 Å². The van der Waals surface area contributed by atoms with Crippen molar-refractivity contribution >= 4 is 46.0 Å². The predicted octanol–water partition coefficient (Wildman–Crippen LogP) is 3.11. The highest BCUT2D eigenvalue weighted by Gasteiger charge is 2.30. The number of anilines is 2. The fourth-order valence-electron chi connectivity index (χ4n) is 6.22. The first-order valence-electron chi connectivity index (χ1n) is 14.5. The number of likely N-dealkylation sites (N-methyl/N-ethyl adjacent to an activating group) is 1. The largest absolute Gasteiger partial charge is 0.504 e. The summed E-state index contributed by atoms with van der Waals surface area (Å²) in [6.45, 7) is 5.76. The molecular formula is C30H30ClF3N8O4. The van der Waals surface area contributed by atoms with Crippen LogP contribution in [0.1, 0.15) is 30.0 Å². The van der Waals surface area contributed by atoms with Gasteiger partial charge in [-0.1, -0.05) is 18.5 Å². The normalized spacial score (nSPS) is 18.3. The number of halogens is 4. The summed E-state index contributed by atoms with van der Waals surface area (Å²) in [5, 5.41) is 12.0. The molecule has 16 heteroatoms. The summed E-state index contributed by atoms with van der Waals surface area (Å²) in [6.07, 6.45) is 1.69. The number of nitrogens with two attached hydrogens (primary N) is 1. The van der Waals surface area contributed by atoms with E-state index in [9.17, 15) is 28.3 Å². The fraction of sp³-hybridized carbons (Fsp3) is 0.367. The molecule has 0 saturated carbocycles. The number of hydrogen-bond donors (Lipinski definition) is 3. The van der Waals surface area contributed by atoms with Crippen LogP contribution < -0.4 is 21.5 Å². The standard InChI is InChI=1S/C30H30ClF3N8O4/c1-13-6-19-38-29-22(30(46)42(19)9-13)17(15-7-16(28(35)45)26(44)25(33)24(15)32)11-40(29)12-21(43)36-18-8-20(37-27(34)23(18)31)41-5-4-39(3)10-14(41)2/h7-8,11,13-14,44H,4-6,9-10,12H2,1-3H3,(H2,35,45)(H,36,37,43)/t13?,14-/m0/s1. The number of primary amides is 1. The van der Waals surface area contributed by atoms with Gasteiger partial charge in [-0.15, -0.1) is 0 Å². The van der Waals surface area contributed by atoms with Gasteiger partial charge in [-0.3, -0.25) is 19.0 Å². The topological polar surface area (TPSA) is 152 Å². The van der Waals surface area contributed by atoms with Crippen molar-refractivity contribution in [1.82, 2.24) is 24.0 Å². The molecule has 2 aliphatic rings. The third-order valence-corrected chi connectivity index (χ3v) is 8.79. The van der Waals surface area contributed by atoms with Gasteiger partial charge < -0.3 is 30.5 Å². The molecule has 2 aliphatic heterocycles. The van der Waals surface area contributed by atoms with E-state index in [0.717, 1.165) is 19.2 Å². The van der Waals surface area contributed by atoms with Crippen LogP contribution in [0.25, 0.3) is 22.2 Å². The number of carbonyl (C=O) groups excluding carboxylic acids is 2. The predicted molar refractivity (Wildman–Crippen MR) is 165 cm³/mol. The number of piperazine rings is 1. The number of phenols is 1. The third-order valence-electron chi connectivity index (χ3n) is 8.43. The zero-order valence-corrected chi connectivity index (χ0v) is 25.8. The maximum Gasteiger partial charge on any atom is 0.263 e. The molecule has 6 rings (SSSR count). The number of hydrogen-bond acceptors (Lipinski definition) is 8. The van der Waals surface area contributed by atoms with Crippen LogP contribution >= 0.6 is 11.6 Å². The van der Waals surface area contributed by atoms with Crippen molar-refractivity contribution in [2.45, 2.75) is 39.4 Å². The van der Waals surface area contributed by atoms with Crippen LogP contribution in [0.2, 0.25) is 5.02 Å². The second-order valence-electron chi connectivity index (χ2n) is 11.9. The van der Waals surface area contributed by atoms with Crippen molar-refractivity contribution in [2.24, 2.45) is 11.7 Å². The summed E-state index contributed by atoms with van der Waals surface area (Å²) in [5.74, 6) is -6.62. The van der Waals surface area contributed by atoms with Gasteiger partial charge in [0.1, 0.15) is 28.9 Å². The summed E-state index contributed by atoms with van der Waals surface area (Å²) in [5.41, 5.74) is 3.28. The number of amides is 2. The van der Waals surface area contributed by atoms with Crippen molar-refractivity contribution in [3.8, 4) is 16.9 Å². The van der Waals surface area contributed by atoms with Crippen LogP contribution in [-0.4, -0.2) is 73.6 Å². The monoisotopic (exact) mass is 658 g/mol. The van der Waals surface area contributed by atoms with Crippen LogP contribution in [0.5, 0.6) is 5.75 Å². The second kappa shape index (κ2) is 11.6. The number of aromatic nitrogens is 4. The Balaban J connectivity index is 1.42. The number of pyridine rings is 1. The smallest absolute Gasteiger partial charge is 0.263 e. The minimum absolute atomic E-state index is 0.00274. The van der Waals surface area contributed by atoms with Gasteiger partial charge in [0.2, 0.25) is 17.7 Å². The molecule has 0 bridgehead atoms. The van der Waals surface area contributed by atoms with Crippen LogP contribution in [-0.2, 0) is 24.3 Å². The van der Waals surface area contributed by atoms with E-state index in [-0.39, 0.29) is 34.2 Å². The van der Waals surface area contributed by atoms with E-state index in [1.54, 1.807) is 0 Å². The number of nitrogens with zero attached hydrogens (tertiary/aromatic N) is 6. The molecular weight excluding hydrogens is 629 g/mol. The van der Waals surface area contributed by atoms with Crippen molar-refractivity contribution in [3.63, 3.8) is 0 Å². The molecule has 3 aromatic heterocycles. The Morgan fingerprint density at radius 2 is 1.85 bits per heavy atom. The Hall–Kier alpha value is -4.63. The molecule has 0 radical (unpaired) electrons. The van der Waals surface area contributed by atoms with Crippen molar-refractivity contribution in [2.75, 3.05) is 36.9 Å². The maximum atomic E-state index is 15.3.